The summed E-state index contributed by atoms with van der Waals surface area (Å²) < 4.78 is 38.5. The molecular weight excluding hydrogens is 412 g/mol. The molecule has 0 radical (unpaired) electrons. The number of amides is 1. The van der Waals surface area contributed by atoms with E-state index in [1.807, 2.05) is 0 Å². The first-order valence-corrected chi connectivity index (χ1v) is 9.81. The Hall–Kier alpha value is -2.82. The van der Waals surface area contributed by atoms with Crippen molar-refractivity contribution in [1.82, 2.24) is 0 Å². The van der Waals surface area contributed by atoms with Gasteiger partial charge in [-0.2, -0.15) is 0 Å². The fourth-order valence-electron chi connectivity index (χ4n) is 2.35. The van der Waals surface area contributed by atoms with Crippen molar-refractivity contribution in [3.8, 4) is 11.5 Å². The van der Waals surface area contributed by atoms with Crippen LogP contribution in [0.2, 0.25) is 5.02 Å². The summed E-state index contributed by atoms with van der Waals surface area (Å²) >= 11 is 5.78. The number of anilines is 1. The van der Waals surface area contributed by atoms with Gasteiger partial charge in [0.05, 0.1) is 10.6 Å². The van der Waals surface area contributed by atoms with Crippen molar-refractivity contribution in [3.63, 3.8) is 0 Å². The molecule has 1 aliphatic rings. The minimum atomic E-state index is -4.12. The molecule has 1 heterocycles. The van der Waals surface area contributed by atoms with Crippen LogP contribution in [0.25, 0.3) is 0 Å². The molecule has 0 aliphatic carbocycles. The Labute approximate surface area is 165 Å². The normalized spacial score (nSPS) is 13.7. The molecule has 0 aromatic heterocycles. The zero-order valence-corrected chi connectivity index (χ0v) is 16.0. The molecule has 0 bridgehead atoms. The maximum Gasteiger partial charge on any atom is 0.338 e. The predicted octanol–water partition coefficient (Wildman–Crippen LogP) is 1.90. The number of carbonyl (C=O) groups is 2. The first-order chi connectivity index (χ1) is 13.1. The van der Waals surface area contributed by atoms with Crippen LogP contribution in [0.5, 0.6) is 11.5 Å². The molecule has 3 N–H and O–H groups in total. The van der Waals surface area contributed by atoms with Gasteiger partial charge in [-0.15, -0.1) is 0 Å². The van der Waals surface area contributed by atoms with Crippen molar-refractivity contribution in [1.29, 1.82) is 0 Å². The highest BCUT2D eigenvalue weighted by molar-refractivity contribution is 7.89. The molecule has 0 unspecified atom stereocenters. The first kappa shape index (κ1) is 19.9. The summed E-state index contributed by atoms with van der Waals surface area (Å²) in [5.74, 6) is -0.451. The molecule has 1 atom stereocenters. The van der Waals surface area contributed by atoms with Gasteiger partial charge in [0, 0.05) is 11.8 Å². The number of esters is 1. The van der Waals surface area contributed by atoms with Crippen LogP contribution in [0.15, 0.2) is 41.3 Å². The van der Waals surface area contributed by atoms with Gasteiger partial charge in [0.15, 0.2) is 17.6 Å². The minimum absolute atomic E-state index is 0.0996. The smallest absolute Gasteiger partial charge is 0.338 e. The minimum Gasteiger partial charge on any atom is -0.454 e. The molecule has 0 spiro atoms. The fraction of sp³-hybridized carbons (Fsp3) is 0.176. The molecule has 2 aromatic rings. The van der Waals surface area contributed by atoms with Crippen LogP contribution >= 0.6 is 11.6 Å². The van der Waals surface area contributed by atoms with E-state index in [0.717, 1.165) is 6.07 Å². The lowest BCUT2D eigenvalue weighted by atomic mass is 10.2. The number of nitrogens with two attached hydrogens (primary N) is 1. The highest BCUT2D eigenvalue weighted by atomic mass is 35.5. The van der Waals surface area contributed by atoms with Gasteiger partial charge in [-0.3, -0.25) is 4.79 Å². The van der Waals surface area contributed by atoms with Crippen LogP contribution in [0.4, 0.5) is 5.69 Å². The summed E-state index contributed by atoms with van der Waals surface area (Å²) in [6, 6.07) is 8.28. The zero-order valence-electron chi connectivity index (χ0n) is 14.5. The van der Waals surface area contributed by atoms with Crippen molar-refractivity contribution in [3.05, 3.63) is 47.0 Å². The van der Waals surface area contributed by atoms with Crippen molar-refractivity contribution in [2.45, 2.75) is 17.9 Å². The number of benzene rings is 2. The molecule has 11 heteroatoms. The maximum atomic E-state index is 12.3. The van der Waals surface area contributed by atoms with E-state index < -0.39 is 32.9 Å². The quantitative estimate of drug-likeness (QED) is 0.697. The van der Waals surface area contributed by atoms with E-state index in [1.54, 1.807) is 18.2 Å². The number of primary sulfonamides is 1. The Morgan fingerprint density at radius 2 is 1.89 bits per heavy atom. The van der Waals surface area contributed by atoms with Gasteiger partial charge in [0.2, 0.25) is 16.8 Å². The number of halogens is 1. The van der Waals surface area contributed by atoms with Gasteiger partial charge < -0.3 is 19.5 Å². The summed E-state index contributed by atoms with van der Waals surface area (Å²) in [6.45, 7) is 1.47. The van der Waals surface area contributed by atoms with Crippen molar-refractivity contribution >= 4 is 39.2 Å². The van der Waals surface area contributed by atoms with Gasteiger partial charge in [-0.05, 0) is 37.3 Å². The van der Waals surface area contributed by atoms with E-state index in [9.17, 15) is 18.0 Å². The second kappa shape index (κ2) is 7.66. The monoisotopic (exact) mass is 426 g/mol. The van der Waals surface area contributed by atoms with Crippen LogP contribution in [0.1, 0.15) is 17.3 Å². The zero-order chi connectivity index (χ0) is 20.5. The molecule has 28 heavy (non-hydrogen) atoms. The number of rotatable bonds is 5. The fourth-order valence-corrected chi connectivity index (χ4v) is 3.42. The van der Waals surface area contributed by atoms with E-state index in [1.165, 1.54) is 19.1 Å². The van der Waals surface area contributed by atoms with Gasteiger partial charge in [-0.25, -0.2) is 18.4 Å². The average Bonchev–Trinajstić information content (AvgIpc) is 3.08. The summed E-state index contributed by atoms with van der Waals surface area (Å²) in [5.41, 5.74) is 0.316. The number of hydrogen-bond donors (Lipinski definition) is 2. The highest BCUT2D eigenvalue weighted by Gasteiger charge is 2.22. The number of sulfonamides is 1. The van der Waals surface area contributed by atoms with Crippen LogP contribution in [-0.4, -0.2) is 33.2 Å². The molecule has 0 saturated carbocycles. The molecule has 3 rings (SSSR count). The van der Waals surface area contributed by atoms with Crippen molar-refractivity contribution < 1.29 is 32.2 Å². The highest BCUT2D eigenvalue weighted by Crippen LogP contribution is 2.34. The summed E-state index contributed by atoms with van der Waals surface area (Å²) in [6.07, 6.45) is -1.16. The first-order valence-electron chi connectivity index (χ1n) is 7.89. The second-order valence-corrected chi connectivity index (χ2v) is 7.73. The Morgan fingerprint density at radius 1 is 1.18 bits per heavy atom. The predicted molar refractivity (Wildman–Crippen MR) is 98.9 cm³/mol. The molecule has 1 amide bonds. The van der Waals surface area contributed by atoms with Crippen molar-refractivity contribution in [2.75, 3.05) is 12.1 Å². The number of carbonyl (C=O) groups excluding carboxylic acids is 2. The average molecular weight is 427 g/mol. The Bertz CT molecular complexity index is 1060. The second-order valence-electron chi connectivity index (χ2n) is 5.80. The van der Waals surface area contributed by atoms with Crippen LogP contribution in [0.3, 0.4) is 0 Å². The van der Waals surface area contributed by atoms with Gasteiger partial charge in [0.1, 0.15) is 4.90 Å². The SMILES string of the molecule is C[C@@H](OC(=O)c1ccc(Cl)c(S(N)(=O)=O)c1)C(=O)Nc1ccc2c(c1)OCO2. The Morgan fingerprint density at radius 3 is 2.61 bits per heavy atom. The summed E-state index contributed by atoms with van der Waals surface area (Å²) in [4.78, 5) is 24.1. The molecule has 0 fully saturated rings. The van der Waals surface area contributed by atoms with E-state index in [4.69, 9.17) is 31.0 Å². The van der Waals surface area contributed by atoms with Crippen LogP contribution in [0, 0.1) is 0 Å². The van der Waals surface area contributed by atoms with E-state index in [0.29, 0.717) is 17.2 Å². The summed E-state index contributed by atoms with van der Waals surface area (Å²) in [5, 5.41) is 7.51. The van der Waals surface area contributed by atoms with Crippen LogP contribution < -0.4 is 19.9 Å². The third-order valence-electron chi connectivity index (χ3n) is 3.77. The number of hydrogen-bond acceptors (Lipinski definition) is 7. The summed E-state index contributed by atoms with van der Waals surface area (Å²) in [7, 11) is -4.12. The van der Waals surface area contributed by atoms with E-state index in [2.05, 4.69) is 5.32 Å². The lowest BCUT2D eigenvalue weighted by molar-refractivity contribution is -0.123. The number of fused-ring (bicyclic) bond motifs is 1. The van der Waals surface area contributed by atoms with Gasteiger partial charge >= 0.3 is 5.97 Å². The molecule has 0 saturated heterocycles. The third-order valence-corrected chi connectivity index (χ3v) is 5.16. The molecule has 9 nitrogen and oxygen atoms in total. The lowest BCUT2D eigenvalue weighted by Gasteiger charge is -2.14. The Kier molecular flexibility index (Phi) is 5.45. The van der Waals surface area contributed by atoms with E-state index in [-0.39, 0.29) is 17.4 Å². The van der Waals surface area contributed by atoms with E-state index >= 15 is 0 Å². The lowest BCUT2D eigenvalue weighted by Crippen LogP contribution is -2.30. The number of ether oxygens (including phenoxy) is 3. The molecular formula is C17H15ClN2O7S. The van der Waals surface area contributed by atoms with Gasteiger partial charge in [0.25, 0.3) is 5.91 Å². The van der Waals surface area contributed by atoms with Crippen LogP contribution in [-0.2, 0) is 19.6 Å². The maximum absolute atomic E-state index is 12.3. The van der Waals surface area contributed by atoms with Crippen molar-refractivity contribution in [2.24, 2.45) is 5.14 Å². The topological polar surface area (TPSA) is 134 Å². The standard InChI is InChI=1S/C17H15ClN2O7S/c1-9(16(21)20-11-3-5-13-14(7-11)26-8-25-13)27-17(22)10-2-4-12(18)15(6-10)28(19,23)24/h2-7,9H,8H2,1H3,(H,20,21)(H2,19,23,24)/t9-/m1/s1. The molecule has 2 aromatic carbocycles. The van der Waals surface area contributed by atoms with Gasteiger partial charge in [-0.1, -0.05) is 11.6 Å². The molecule has 1 aliphatic heterocycles. The third kappa shape index (κ3) is 4.35. The Balaban J connectivity index is 1.68. The molecule has 148 valence electrons. The largest absolute Gasteiger partial charge is 0.454 e. The number of nitrogens with one attached hydrogen (secondary N) is 1.